The van der Waals surface area contributed by atoms with Gasteiger partial charge in [-0.05, 0) is 28.3 Å². The molecule has 2 aromatic heterocycles. The van der Waals surface area contributed by atoms with Crippen LogP contribution in [0.1, 0.15) is 52.7 Å². The first kappa shape index (κ1) is 14.6. The maximum atomic E-state index is 4.27. The molecule has 1 aliphatic rings. The molecule has 98 valence electrons. The van der Waals surface area contributed by atoms with Gasteiger partial charge in [0.2, 0.25) is 0 Å². The largest absolute Gasteiger partial charge is 0.264 e. The van der Waals surface area contributed by atoms with E-state index in [0.29, 0.717) is 0 Å². The third kappa shape index (κ3) is 2.38. The van der Waals surface area contributed by atoms with Crippen LogP contribution in [0, 0.1) is 0 Å². The summed E-state index contributed by atoms with van der Waals surface area (Å²) in [5, 5.41) is 2.55. The molecule has 0 atom stereocenters. The van der Waals surface area contributed by atoms with Crippen LogP contribution in [0.15, 0.2) is 24.8 Å². The van der Waals surface area contributed by atoms with Crippen molar-refractivity contribution in [3.05, 3.63) is 35.9 Å². The van der Waals surface area contributed by atoms with Crippen molar-refractivity contribution in [3.8, 4) is 0 Å². The minimum Gasteiger partial charge on any atom is -0.264 e. The Kier molecular flexibility index (Phi) is 4.83. The summed E-state index contributed by atoms with van der Waals surface area (Å²) < 4.78 is 0. The van der Waals surface area contributed by atoms with Crippen LogP contribution in [-0.2, 0) is 11.8 Å². The summed E-state index contributed by atoms with van der Waals surface area (Å²) >= 11 is 0. The van der Waals surface area contributed by atoms with Gasteiger partial charge in [-0.15, -0.1) is 0 Å². The van der Waals surface area contributed by atoms with Crippen LogP contribution in [0.25, 0.3) is 10.8 Å². The molecule has 0 radical (unpaired) electrons. The van der Waals surface area contributed by atoms with Gasteiger partial charge in [-0.1, -0.05) is 41.5 Å². The quantitative estimate of drug-likeness (QED) is 0.681. The topological polar surface area (TPSA) is 25.8 Å². The highest BCUT2D eigenvalue weighted by Gasteiger charge is 2.31. The molecule has 0 N–H and O–H groups in total. The zero-order valence-electron chi connectivity index (χ0n) is 12.4. The van der Waals surface area contributed by atoms with Crippen LogP contribution < -0.4 is 0 Å². The molecular formula is C16H24N2. The van der Waals surface area contributed by atoms with E-state index in [0.717, 1.165) is 6.42 Å². The van der Waals surface area contributed by atoms with Crippen molar-refractivity contribution in [2.24, 2.45) is 0 Å². The zero-order valence-corrected chi connectivity index (χ0v) is 12.4. The number of hydrogen-bond acceptors (Lipinski definition) is 2. The van der Waals surface area contributed by atoms with Crippen LogP contribution in [0.3, 0.4) is 0 Å². The molecule has 0 fully saturated rings. The van der Waals surface area contributed by atoms with Gasteiger partial charge in [0.05, 0.1) is 0 Å². The Labute approximate surface area is 110 Å². The molecule has 0 amide bonds. The minimum atomic E-state index is 0.220. The van der Waals surface area contributed by atoms with Gasteiger partial charge in [-0.25, -0.2) is 0 Å². The molecule has 0 spiro atoms. The Balaban J connectivity index is 0.000000371. The van der Waals surface area contributed by atoms with Gasteiger partial charge >= 0.3 is 0 Å². The average Bonchev–Trinajstić information content (AvgIpc) is 2.68. The molecule has 0 unspecified atom stereocenters. The Bertz CT molecular complexity index is 510. The molecule has 3 rings (SSSR count). The van der Waals surface area contributed by atoms with E-state index in [9.17, 15) is 0 Å². The van der Waals surface area contributed by atoms with E-state index in [4.69, 9.17) is 0 Å². The van der Waals surface area contributed by atoms with Crippen molar-refractivity contribution in [2.75, 3.05) is 0 Å². The molecule has 0 saturated heterocycles. The molecule has 0 aliphatic heterocycles. The van der Waals surface area contributed by atoms with Crippen LogP contribution in [0.2, 0.25) is 0 Å². The smallest absolute Gasteiger partial charge is 0.0362 e. The van der Waals surface area contributed by atoms with Crippen LogP contribution in [0.4, 0.5) is 0 Å². The lowest BCUT2D eigenvalue weighted by Gasteiger charge is -2.17. The van der Waals surface area contributed by atoms with E-state index in [1.165, 1.54) is 21.9 Å². The fourth-order valence-electron chi connectivity index (χ4n) is 2.42. The lowest BCUT2D eigenvalue weighted by molar-refractivity contribution is 0.544. The molecule has 2 heteroatoms. The van der Waals surface area contributed by atoms with E-state index in [1.54, 1.807) is 0 Å². The molecule has 2 aromatic rings. The van der Waals surface area contributed by atoms with E-state index >= 15 is 0 Å². The monoisotopic (exact) mass is 244 g/mol. The summed E-state index contributed by atoms with van der Waals surface area (Å²) in [4.78, 5) is 8.52. The maximum absolute atomic E-state index is 4.27. The summed E-state index contributed by atoms with van der Waals surface area (Å²) in [5.41, 5.74) is 2.95. The van der Waals surface area contributed by atoms with Crippen LogP contribution in [0.5, 0.6) is 0 Å². The SMILES string of the molecule is CC.CC.CC1(C)Cc2cncc3cncc1c23. The number of pyridine rings is 2. The number of aromatic nitrogens is 2. The maximum Gasteiger partial charge on any atom is 0.0362 e. The summed E-state index contributed by atoms with van der Waals surface area (Å²) in [5.74, 6) is 0. The van der Waals surface area contributed by atoms with Gasteiger partial charge in [0.15, 0.2) is 0 Å². The average molecular weight is 244 g/mol. The molecule has 1 aliphatic carbocycles. The van der Waals surface area contributed by atoms with Gasteiger partial charge < -0.3 is 0 Å². The number of rotatable bonds is 0. The first-order chi connectivity index (χ1) is 8.68. The van der Waals surface area contributed by atoms with Gasteiger partial charge in [-0.3, -0.25) is 9.97 Å². The van der Waals surface area contributed by atoms with E-state index in [2.05, 4.69) is 23.8 Å². The van der Waals surface area contributed by atoms with E-state index in [1.807, 2.05) is 52.5 Å². The second-order valence-electron chi connectivity index (χ2n) is 4.64. The van der Waals surface area contributed by atoms with Gasteiger partial charge in [0.1, 0.15) is 0 Å². The highest BCUT2D eigenvalue weighted by molar-refractivity contribution is 5.90. The summed E-state index contributed by atoms with van der Waals surface area (Å²) in [6.45, 7) is 12.5. The van der Waals surface area contributed by atoms with E-state index < -0.39 is 0 Å². The van der Waals surface area contributed by atoms with Gasteiger partial charge in [-0.2, -0.15) is 0 Å². The van der Waals surface area contributed by atoms with Crippen LogP contribution >= 0.6 is 0 Å². The second kappa shape index (κ2) is 5.94. The van der Waals surface area contributed by atoms with Crippen molar-refractivity contribution in [2.45, 2.75) is 53.4 Å². The molecule has 2 nitrogen and oxygen atoms in total. The first-order valence-corrected chi connectivity index (χ1v) is 6.89. The lowest BCUT2D eigenvalue weighted by atomic mass is 9.86. The highest BCUT2D eigenvalue weighted by Crippen LogP contribution is 2.40. The van der Waals surface area contributed by atoms with Crippen molar-refractivity contribution in [1.82, 2.24) is 9.97 Å². The Morgan fingerprint density at radius 2 is 1.44 bits per heavy atom. The lowest BCUT2D eigenvalue weighted by Crippen LogP contribution is -2.14. The van der Waals surface area contributed by atoms with Crippen molar-refractivity contribution < 1.29 is 0 Å². The second-order valence-corrected chi connectivity index (χ2v) is 4.64. The standard InChI is InChI=1S/C12H12N2.2C2H6/c1-12(2)3-8-4-13-5-9-6-14-7-10(12)11(8)9;2*1-2/h4-7H,3H2,1-2H3;2*1-2H3. The van der Waals surface area contributed by atoms with Crippen molar-refractivity contribution >= 4 is 10.8 Å². The Hall–Kier alpha value is -1.44. The van der Waals surface area contributed by atoms with E-state index in [-0.39, 0.29) is 5.41 Å². The Morgan fingerprint density at radius 3 is 2.06 bits per heavy atom. The zero-order chi connectivity index (χ0) is 13.8. The predicted molar refractivity (Wildman–Crippen MR) is 79.0 cm³/mol. The minimum absolute atomic E-state index is 0.220. The van der Waals surface area contributed by atoms with Gasteiger partial charge in [0, 0.05) is 30.2 Å². The molecular weight excluding hydrogens is 220 g/mol. The molecule has 0 bridgehead atoms. The fraction of sp³-hybridized carbons (Fsp3) is 0.500. The molecule has 0 saturated carbocycles. The third-order valence-corrected chi connectivity index (χ3v) is 3.10. The normalized spacial score (nSPS) is 14.3. The fourth-order valence-corrected chi connectivity index (χ4v) is 2.42. The summed E-state index contributed by atoms with van der Waals surface area (Å²) in [7, 11) is 0. The summed E-state index contributed by atoms with van der Waals surface area (Å²) in [6, 6.07) is 0. The van der Waals surface area contributed by atoms with Crippen LogP contribution in [-0.4, -0.2) is 9.97 Å². The predicted octanol–water partition coefficient (Wildman–Crippen LogP) is 4.52. The molecule has 18 heavy (non-hydrogen) atoms. The van der Waals surface area contributed by atoms with Crippen molar-refractivity contribution in [1.29, 1.82) is 0 Å². The van der Waals surface area contributed by atoms with Crippen molar-refractivity contribution in [3.63, 3.8) is 0 Å². The Morgan fingerprint density at radius 1 is 0.889 bits per heavy atom. The molecule has 0 aromatic carbocycles. The molecule has 2 heterocycles. The van der Waals surface area contributed by atoms with Gasteiger partial charge in [0.25, 0.3) is 0 Å². The third-order valence-electron chi connectivity index (χ3n) is 3.10. The summed E-state index contributed by atoms with van der Waals surface area (Å²) in [6.07, 6.45) is 8.87. The number of hydrogen-bond donors (Lipinski definition) is 0. The first-order valence-electron chi connectivity index (χ1n) is 6.89. The highest BCUT2D eigenvalue weighted by atomic mass is 14.7. The number of nitrogens with zero attached hydrogens (tertiary/aromatic N) is 2.